The van der Waals surface area contributed by atoms with Crippen molar-refractivity contribution in [1.29, 1.82) is 0 Å². The number of rotatable bonds is 10. The number of halogens is 1. The summed E-state index contributed by atoms with van der Waals surface area (Å²) in [7, 11) is -2.64. The molecule has 0 bridgehead atoms. The summed E-state index contributed by atoms with van der Waals surface area (Å²) in [5.41, 5.74) is 0.388. The highest BCUT2D eigenvalue weighted by atomic mass is 28.4. The number of benzene rings is 1. The Bertz CT molecular complexity index is 701. The Hall–Kier alpha value is -1.93. The number of hydrogen-bond acceptors (Lipinski definition) is 4. The molecule has 0 radical (unpaired) electrons. The standard InChI is InChI=1S/C22H36FNO5Si/c1-13(2)28-22(27)24-19(17-11-9-10-12-18(17)23)20(21(25)26)29-30(14(3)4,15(5)6)16(7)8/h9-16,19-20H,1-8H3,(H,24,27)(H,25,26)/t19-,20+/m0/s1. The number of ether oxygens (including phenoxy) is 1. The van der Waals surface area contributed by atoms with Crippen molar-refractivity contribution >= 4 is 20.4 Å². The Kier molecular flexibility index (Phi) is 9.49. The minimum Gasteiger partial charge on any atom is -0.479 e. The lowest BCUT2D eigenvalue weighted by molar-refractivity contribution is -0.147. The number of carboxylic acid groups (broad SMARTS) is 1. The van der Waals surface area contributed by atoms with Gasteiger partial charge in [0.25, 0.3) is 0 Å². The predicted molar refractivity (Wildman–Crippen MR) is 117 cm³/mol. The molecule has 0 aliphatic carbocycles. The van der Waals surface area contributed by atoms with Gasteiger partial charge in [-0.2, -0.15) is 0 Å². The second kappa shape index (κ2) is 10.9. The molecule has 1 amide bonds. The maximum absolute atomic E-state index is 14.7. The number of carbonyl (C=O) groups excluding carboxylic acids is 1. The maximum atomic E-state index is 14.7. The monoisotopic (exact) mass is 441 g/mol. The zero-order valence-corrected chi connectivity index (χ0v) is 20.2. The summed E-state index contributed by atoms with van der Waals surface area (Å²) in [6, 6.07) is 4.55. The Balaban J connectivity index is 3.52. The van der Waals surface area contributed by atoms with E-state index < -0.39 is 44.4 Å². The predicted octanol–water partition coefficient (Wildman–Crippen LogP) is 5.65. The molecule has 1 rings (SSSR count). The van der Waals surface area contributed by atoms with Crippen LogP contribution in [0.15, 0.2) is 24.3 Å². The molecule has 0 saturated carbocycles. The van der Waals surface area contributed by atoms with Gasteiger partial charge in [-0.25, -0.2) is 14.0 Å². The maximum Gasteiger partial charge on any atom is 0.407 e. The second-order valence-electron chi connectivity index (χ2n) is 8.79. The Morgan fingerprint density at radius 3 is 1.87 bits per heavy atom. The number of alkyl carbamates (subject to hydrolysis) is 1. The number of amides is 1. The number of carbonyl (C=O) groups is 2. The van der Waals surface area contributed by atoms with Gasteiger partial charge < -0.3 is 19.6 Å². The first-order valence-electron chi connectivity index (χ1n) is 10.5. The first kappa shape index (κ1) is 26.1. The van der Waals surface area contributed by atoms with E-state index in [1.807, 2.05) is 41.5 Å². The molecule has 1 aromatic rings. The normalized spacial score (nSPS) is 14.3. The summed E-state index contributed by atoms with van der Waals surface area (Å²) < 4.78 is 26.3. The molecule has 170 valence electrons. The van der Waals surface area contributed by atoms with Crippen molar-refractivity contribution in [2.45, 2.75) is 90.3 Å². The van der Waals surface area contributed by atoms with Crippen LogP contribution in [-0.2, 0) is 14.0 Å². The van der Waals surface area contributed by atoms with Crippen LogP contribution < -0.4 is 5.32 Å². The molecule has 0 aliphatic heterocycles. The summed E-state index contributed by atoms with van der Waals surface area (Å²) in [4.78, 5) is 24.7. The summed E-state index contributed by atoms with van der Waals surface area (Å²) in [6.07, 6.45) is -2.69. The van der Waals surface area contributed by atoms with Gasteiger partial charge in [0, 0.05) is 5.56 Å². The van der Waals surface area contributed by atoms with Gasteiger partial charge in [-0.15, -0.1) is 0 Å². The van der Waals surface area contributed by atoms with Crippen molar-refractivity contribution in [2.75, 3.05) is 0 Å². The van der Waals surface area contributed by atoms with Crippen LogP contribution in [0.2, 0.25) is 16.6 Å². The largest absolute Gasteiger partial charge is 0.479 e. The van der Waals surface area contributed by atoms with Gasteiger partial charge in [0.1, 0.15) is 5.82 Å². The third-order valence-electron chi connectivity index (χ3n) is 5.44. The highest BCUT2D eigenvalue weighted by Gasteiger charge is 2.50. The van der Waals surface area contributed by atoms with Crippen LogP contribution in [0.3, 0.4) is 0 Å². The van der Waals surface area contributed by atoms with Gasteiger partial charge in [0.2, 0.25) is 8.32 Å². The van der Waals surface area contributed by atoms with Gasteiger partial charge in [-0.3, -0.25) is 0 Å². The van der Waals surface area contributed by atoms with Crippen LogP contribution in [0.25, 0.3) is 0 Å². The quantitative estimate of drug-likeness (QED) is 0.459. The smallest absolute Gasteiger partial charge is 0.407 e. The van der Waals surface area contributed by atoms with Gasteiger partial charge >= 0.3 is 12.1 Å². The van der Waals surface area contributed by atoms with Crippen LogP contribution in [0.5, 0.6) is 0 Å². The van der Waals surface area contributed by atoms with Gasteiger partial charge in [0.15, 0.2) is 6.10 Å². The first-order chi connectivity index (χ1) is 13.8. The molecule has 6 nitrogen and oxygen atoms in total. The second-order valence-corrected chi connectivity index (χ2v) is 14.2. The highest BCUT2D eigenvalue weighted by molar-refractivity contribution is 6.77. The molecule has 0 unspecified atom stereocenters. The molecule has 1 aromatic carbocycles. The third-order valence-corrected chi connectivity index (χ3v) is 11.5. The SMILES string of the molecule is CC(C)OC(=O)N[C@@H](c1ccccc1F)[C@@H](O[Si](C(C)C)(C(C)C)C(C)C)C(=O)O. The van der Waals surface area contributed by atoms with Crippen LogP contribution in [0.4, 0.5) is 9.18 Å². The number of nitrogens with one attached hydrogen (secondary N) is 1. The fourth-order valence-electron chi connectivity index (χ4n) is 4.31. The molecule has 0 saturated heterocycles. The summed E-state index contributed by atoms with van der Waals surface area (Å²) in [6.45, 7) is 15.5. The molecule has 0 heterocycles. The number of hydrogen-bond donors (Lipinski definition) is 2. The number of aliphatic carboxylic acids is 1. The lowest BCUT2D eigenvalue weighted by atomic mass is 10.0. The summed E-state index contributed by atoms with van der Waals surface area (Å²) in [5.74, 6) is -1.87. The highest BCUT2D eigenvalue weighted by Crippen LogP contribution is 2.44. The molecule has 8 heteroatoms. The first-order valence-corrected chi connectivity index (χ1v) is 12.6. The van der Waals surface area contributed by atoms with E-state index in [0.29, 0.717) is 0 Å². The molecule has 0 fully saturated rings. The lowest BCUT2D eigenvalue weighted by Crippen LogP contribution is -2.55. The van der Waals surface area contributed by atoms with E-state index in [4.69, 9.17) is 9.16 Å². The lowest BCUT2D eigenvalue weighted by Gasteiger charge is -2.45. The molecule has 2 N–H and O–H groups in total. The van der Waals surface area contributed by atoms with Gasteiger partial charge in [0.05, 0.1) is 12.1 Å². The average molecular weight is 442 g/mol. The molecule has 0 aromatic heterocycles. The van der Waals surface area contributed by atoms with Crippen molar-refractivity contribution in [3.8, 4) is 0 Å². The molecular weight excluding hydrogens is 405 g/mol. The van der Waals surface area contributed by atoms with E-state index in [1.165, 1.54) is 18.2 Å². The minimum absolute atomic E-state index is 0.0461. The van der Waals surface area contributed by atoms with Crippen molar-refractivity contribution in [3.63, 3.8) is 0 Å². The van der Waals surface area contributed by atoms with E-state index in [-0.39, 0.29) is 22.2 Å². The average Bonchev–Trinajstić information content (AvgIpc) is 2.59. The topological polar surface area (TPSA) is 84.9 Å². The molecule has 30 heavy (non-hydrogen) atoms. The van der Waals surface area contributed by atoms with Crippen LogP contribution in [-0.4, -0.2) is 37.7 Å². The Labute approximate surface area is 180 Å². The van der Waals surface area contributed by atoms with E-state index in [1.54, 1.807) is 19.9 Å². The van der Waals surface area contributed by atoms with Crippen LogP contribution >= 0.6 is 0 Å². The van der Waals surface area contributed by atoms with Crippen LogP contribution in [0.1, 0.15) is 67.0 Å². The van der Waals surface area contributed by atoms with Gasteiger partial charge in [-0.05, 0) is 36.5 Å². The minimum atomic E-state index is -2.64. The van der Waals surface area contributed by atoms with E-state index in [2.05, 4.69) is 5.32 Å². The van der Waals surface area contributed by atoms with Gasteiger partial charge in [-0.1, -0.05) is 59.7 Å². The fourth-order valence-corrected chi connectivity index (χ4v) is 9.80. The molecular formula is C22H36FNO5Si. The van der Waals surface area contributed by atoms with Crippen LogP contribution in [0, 0.1) is 5.82 Å². The van der Waals surface area contributed by atoms with E-state index >= 15 is 0 Å². The zero-order chi connectivity index (χ0) is 23.2. The van der Waals surface area contributed by atoms with Crippen molar-refractivity contribution in [1.82, 2.24) is 5.32 Å². The van der Waals surface area contributed by atoms with E-state index in [0.717, 1.165) is 0 Å². The Morgan fingerprint density at radius 1 is 0.967 bits per heavy atom. The summed E-state index contributed by atoms with van der Waals surface area (Å²) in [5, 5.41) is 12.6. The van der Waals surface area contributed by atoms with Crippen molar-refractivity contribution < 1.29 is 28.2 Å². The zero-order valence-electron chi connectivity index (χ0n) is 19.2. The van der Waals surface area contributed by atoms with E-state index in [9.17, 15) is 19.1 Å². The van der Waals surface area contributed by atoms with Crippen molar-refractivity contribution in [3.05, 3.63) is 35.6 Å². The summed E-state index contributed by atoms with van der Waals surface area (Å²) >= 11 is 0. The third kappa shape index (κ3) is 6.04. The Morgan fingerprint density at radius 2 is 1.47 bits per heavy atom. The van der Waals surface area contributed by atoms with Crippen molar-refractivity contribution in [2.24, 2.45) is 0 Å². The molecule has 0 aliphatic rings. The molecule has 2 atom stereocenters. The molecule has 0 spiro atoms. The fraction of sp³-hybridized carbons (Fsp3) is 0.636. The number of carboxylic acids is 1.